The smallest absolute Gasteiger partial charge is 0.407 e. The Kier molecular flexibility index (Phi) is 29.5. The van der Waals surface area contributed by atoms with E-state index < -0.39 is 0 Å². The third kappa shape index (κ3) is 25.5. The lowest BCUT2D eigenvalue weighted by atomic mass is 9.87. The first-order valence-electron chi connectivity index (χ1n) is 19.9. The van der Waals surface area contributed by atoms with E-state index in [0.29, 0.717) is 12.5 Å². The summed E-state index contributed by atoms with van der Waals surface area (Å²) in [6.07, 6.45) is 40.3. The molecule has 1 aliphatic heterocycles. The number of ether oxygens (including phenoxy) is 1. The van der Waals surface area contributed by atoms with Crippen molar-refractivity contribution in [2.45, 2.75) is 168 Å². The molecule has 0 aromatic rings. The molecule has 0 saturated carbocycles. The zero-order valence-electron chi connectivity index (χ0n) is 31.1. The van der Waals surface area contributed by atoms with Gasteiger partial charge in [0, 0.05) is 32.7 Å². The van der Waals surface area contributed by atoms with Gasteiger partial charge in [0.1, 0.15) is 6.10 Å². The fraction of sp³-hybridized carbons (Fsp3) is 0.829. The van der Waals surface area contributed by atoms with E-state index in [9.17, 15) is 4.79 Å². The molecule has 0 spiro atoms. The minimum Gasteiger partial charge on any atom is -0.446 e. The molecule has 1 atom stereocenters. The molecule has 5 nitrogen and oxygen atoms in total. The van der Waals surface area contributed by atoms with Gasteiger partial charge < -0.3 is 19.9 Å². The van der Waals surface area contributed by atoms with E-state index in [-0.39, 0.29) is 12.2 Å². The van der Waals surface area contributed by atoms with Crippen LogP contribution in [0.4, 0.5) is 4.79 Å². The zero-order valence-corrected chi connectivity index (χ0v) is 31.1. The second kappa shape index (κ2) is 32.0. The first kappa shape index (κ1) is 42.4. The number of hydrogen-bond donors (Lipinski definition) is 1. The molecular weight excluding hydrogens is 566 g/mol. The van der Waals surface area contributed by atoms with E-state index in [4.69, 9.17) is 4.74 Å². The van der Waals surface area contributed by atoms with E-state index in [2.05, 4.69) is 79.4 Å². The summed E-state index contributed by atoms with van der Waals surface area (Å²) >= 11 is 0. The molecule has 0 radical (unpaired) electrons. The molecule has 1 heterocycles. The normalized spacial score (nSPS) is 15.6. The van der Waals surface area contributed by atoms with Crippen molar-refractivity contribution in [2.75, 3.05) is 46.3 Å². The van der Waals surface area contributed by atoms with E-state index in [1.807, 2.05) is 0 Å². The maximum Gasteiger partial charge on any atom is 0.407 e. The number of unbranched alkanes of at least 4 members (excludes halogenated alkanes) is 12. The Morgan fingerprint density at radius 3 is 1.50 bits per heavy atom. The van der Waals surface area contributed by atoms with Crippen molar-refractivity contribution in [2.24, 2.45) is 5.92 Å². The number of carbonyl (C=O) groups is 1. The molecule has 5 heteroatoms. The Labute approximate surface area is 287 Å². The van der Waals surface area contributed by atoms with Crippen molar-refractivity contribution in [1.82, 2.24) is 15.1 Å². The lowest BCUT2D eigenvalue weighted by Gasteiger charge is -2.32. The minimum absolute atomic E-state index is 0.00630. The predicted octanol–water partition coefficient (Wildman–Crippen LogP) is 11.3. The summed E-state index contributed by atoms with van der Waals surface area (Å²) in [6, 6.07) is 0. The highest BCUT2D eigenvalue weighted by Crippen LogP contribution is 2.27. The number of likely N-dealkylation sites (N-methyl/N-ethyl adjacent to an activating group) is 1. The number of alkyl carbamates (subject to hydrolysis) is 1. The van der Waals surface area contributed by atoms with Crippen molar-refractivity contribution in [3.8, 4) is 0 Å². The number of hydrogen-bond acceptors (Lipinski definition) is 4. The maximum absolute atomic E-state index is 13.1. The van der Waals surface area contributed by atoms with Crippen LogP contribution in [0.3, 0.4) is 0 Å². The highest BCUT2D eigenvalue weighted by atomic mass is 16.6. The molecule has 1 fully saturated rings. The SMILES string of the molecule is CCCCC/C=C\CCCC(CCC/C=C\CCCCC)C(CCC/C=C\CCCCC)OC(=O)NCCCN1CCN(C)CC1. The molecule has 1 unspecified atom stereocenters. The third-order valence-corrected chi connectivity index (χ3v) is 9.47. The second-order valence-corrected chi connectivity index (χ2v) is 13.8. The van der Waals surface area contributed by atoms with Crippen LogP contribution in [-0.4, -0.2) is 68.3 Å². The van der Waals surface area contributed by atoms with Crippen LogP contribution in [0.2, 0.25) is 0 Å². The fourth-order valence-corrected chi connectivity index (χ4v) is 6.33. The van der Waals surface area contributed by atoms with Crippen LogP contribution in [0.15, 0.2) is 36.5 Å². The molecule has 268 valence electrons. The highest BCUT2D eigenvalue weighted by Gasteiger charge is 2.24. The molecular formula is C41H77N3O2. The number of nitrogens with one attached hydrogen (secondary N) is 1. The van der Waals surface area contributed by atoms with Gasteiger partial charge in [0.05, 0.1) is 0 Å². The molecule has 1 amide bonds. The van der Waals surface area contributed by atoms with Crippen LogP contribution < -0.4 is 5.32 Å². The quantitative estimate of drug-likeness (QED) is 0.0625. The largest absolute Gasteiger partial charge is 0.446 e. The zero-order chi connectivity index (χ0) is 33.3. The van der Waals surface area contributed by atoms with Crippen LogP contribution in [-0.2, 0) is 4.74 Å². The van der Waals surface area contributed by atoms with E-state index in [1.54, 1.807) is 0 Å². The van der Waals surface area contributed by atoms with Gasteiger partial charge in [0.15, 0.2) is 0 Å². The van der Waals surface area contributed by atoms with Crippen molar-refractivity contribution in [1.29, 1.82) is 0 Å². The van der Waals surface area contributed by atoms with Crippen molar-refractivity contribution < 1.29 is 9.53 Å². The van der Waals surface area contributed by atoms with E-state index in [1.165, 1.54) is 89.9 Å². The predicted molar refractivity (Wildman–Crippen MR) is 202 cm³/mol. The van der Waals surface area contributed by atoms with Crippen molar-refractivity contribution in [3.63, 3.8) is 0 Å². The van der Waals surface area contributed by atoms with Crippen LogP contribution in [0.1, 0.15) is 162 Å². The minimum atomic E-state index is -0.213. The highest BCUT2D eigenvalue weighted by molar-refractivity contribution is 5.67. The van der Waals surface area contributed by atoms with E-state index >= 15 is 0 Å². The Morgan fingerprint density at radius 1 is 0.609 bits per heavy atom. The molecule has 1 aliphatic rings. The van der Waals surface area contributed by atoms with E-state index in [0.717, 1.165) is 84.1 Å². The number of amides is 1. The van der Waals surface area contributed by atoms with Crippen molar-refractivity contribution in [3.05, 3.63) is 36.5 Å². The van der Waals surface area contributed by atoms with Gasteiger partial charge in [0.25, 0.3) is 0 Å². The molecule has 0 aromatic carbocycles. The van der Waals surface area contributed by atoms with Gasteiger partial charge in [-0.25, -0.2) is 4.79 Å². The Bertz CT molecular complexity index is 731. The number of piperazine rings is 1. The Morgan fingerprint density at radius 2 is 1.04 bits per heavy atom. The summed E-state index contributed by atoms with van der Waals surface area (Å²) in [7, 11) is 2.19. The first-order valence-corrected chi connectivity index (χ1v) is 19.9. The van der Waals surface area contributed by atoms with Gasteiger partial charge >= 0.3 is 6.09 Å². The van der Waals surface area contributed by atoms with Gasteiger partial charge in [-0.2, -0.15) is 0 Å². The molecule has 1 rings (SSSR count). The molecule has 0 bridgehead atoms. The monoisotopic (exact) mass is 644 g/mol. The van der Waals surface area contributed by atoms with Gasteiger partial charge in [0.2, 0.25) is 0 Å². The van der Waals surface area contributed by atoms with Crippen molar-refractivity contribution >= 4 is 6.09 Å². The van der Waals surface area contributed by atoms with Gasteiger partial charge in [-0.1, -0.05) is 95.8 Å². The number of nitrogens with zero attached hydrogens (tertiary/aromatic N) is 2. The lowest BCUT2D eigenvalue weighted by Crippen LogP contribution is -2.45. The average molecular weight is 644 g/mol. The van der Waals surface area contributed by atoms with Gasteiger partial charge in [-0.15, -0.1) is 0 Å². The summed E-state index contributed by atoms with van der Waals surface area (Å²) in [6.45, 7) is 13.0. The maximum atomic E-state index is 13.1. The summed E-state index contributed by atoms with van der Waals surface area (Å²) in [5, 5.41) is 3.11. The number of allylic oxidation sites excluding steroid dienone is 6. The summed E-state index contributed by atoms with van der Waals surface area (Å²) in [4.78, 5) is 18.0. The molecule has 0 aromatic heterocycles. The summed E-state index contributed by atoms with van der Waals surface area (Å²) in [5.74, 6) is 0.423. The van der Waals surface area contributed by atoms with Crippen LogP contribution >= 0.6 is 0 Å². The van der Waals surface area contributed by atoms with Crippen LogP contribution in [0, 0.1) is 5.92 Å². The topological polar surface area (TPSA) is 44.8 Å². The Hall–Kier alpha value is -1.59. The summed E-state index contributed by atoms with van der Waals surface area (Å²) in [5.41, 5.74) is 0. The number of carbonyl (C=O) groups excluding carboxylic acids is 1. The number of rotatable bonds is 30. The molecule has 1 saturated heterocycles. The standard InChI is InChI=1S/C41H77N3O2/c1-5-8-11-14-17-20-23-26-30-39(31-27-24-21-18-15-12-9-6-2)40(32-28-25-22-19-16-13-10-7-3)46-41(45)42-33-29-34-44-37-35-43(4)36-38-44/h17-22,39-40H,5-16,23-38H2,1-4H3,(H,42,45)/b20-17-,21-18-,22-19-. The molecule has 46 heavy (non-hydrogen) atoms. The van der Waals surface area contributed by atoms with Crippen LogP contribution in [0.25, 0.3) is 0 Å². The van der Waals surface area contributed by atoms with Gasteiger partial charge in [-0.05, 0) is 122 Å². The third-order valence-electron chi connectivity index (χ3n) is 9.47. The fourth-order valence-electron chi connectivity index (χ4n) is 6.33. The summed E-state index contributed by atoms with van der Waals surface area (Å²) < 4.78 is 6.29. The molecule has 1 N–H and O–H groups in total. The van der Waals surface area contributed by atoms with Crippen LogP contribution in [0.5, 0.6) is 0 Å². The second-order valence-electron chi connectivity index (χ2n) is 13.8. The van der Waals surface area contributed by atoms with Gasteiger partial charge in [-0.3, -0.25) is 0 Å². The first-order chi connectivity index (χ1) is 22.6. The molecule has 0 aliphatic carbocycles. The lowest BCUT2D eigenvalue weighted by molar-refractivity contribution is 0.0473. The average Bonchev–Trinajstić information content (AvgIpc) is 3.06. The Balaban J connectivity index is 2.72.